The number of carboxylic acid groups (broad SMARTS) is 1. The lowest BCUT2D eigenvalue weighted by Crippen LogP contribution is -2.27. The fourth-order valence-electron chi connectivity index (χ4n) is 1.66. The first kappa shape index (κ1) is 15.1. The van der Waals surface area contributed by atoms with Gasteiger partial charge in [0.1, 0.15) is 13.3 Å². The molecule has 0 saturated heterocycles. The maximum absolute atomic E-state index is 12.3. The number of rotatable bonds is 8. The zero-order chi connectivity index (χ0) is 14.3. The van der Waals surface area contributed by atoms with Gasteiger partial charge in [-0.1, -0.05) is 12.1 Å². The monoisotopic (exact) mass is 271 g/mol. The van der Waals surface area contributed by atoms with E-state index in [9.17, 15) is 18.4 Å². The Hall–Kier alpha value is -1.98. The quantitative estimate of drug-likeness (QED) is 0.730. The summed E-state index contributed by atoms with van der Waals surface area (Å²) in [5.74, 6) is -2.36. The van der Waals surface area contributed by atoms with E-state index < -0.39 is 25.1 Å². The Morgan fingerprint density at radius 2 is 1.58 bits per heavy atom. The number of Topliss-reactive ketones (excluding diaryl/α,β-unsaturated/α-hetero) is 1. The number of halogens is 2. The van der Waals surface area contributed by atoms with Gasteiger partial charge in [0, 0.05) is 25.2 Å². The highest BCUT2D eigenvalue weighted by Crippen LogP contribution is 2.15. The summed E-state index contributed by atoms with van der Waals surface area (Å²) in [5, 5.41) is 8.48. The third-order valence-electron chi connectivity index (χ3n) is 2.61. The van der Waals surface area contributed by atoms with Crippen LogP contribution >= 0.6 is 0 Å². The van der Waals surface area contributed by atoms with Crippen molar-refractivity contribution in [3.05, 3.63) is 29.8 Å². The molecule has 0 aliphatic carbocycles. The molecule has 4 nitrogen and oxygen atoms in total. The Labute approximate surface area is 109 Å². The van der Waals surface area contributed by atoms with E-state index in [1.807, 2.05) is 0 Å². The second-order valence-corrected chi connectivity index (χ2v) is 3.94. The maximum Gasteiger partial charge on any atom is 0.372 e. The van der Waals surface area contributed by atoms with Crippen molar-refractivity contribution >= 4 is 17.4 Å². The zero-order valence-corrected chi connectivity index (χ0v) is 10.3. The highest BCUT2D eigenvalue weighted by molar-refractivity contribution is 6.33. The van der Waals surface area contributed by atoms with Gasteiger partial charge in [-0.05, 0) is 17.7 Å². The Kier molecular flexibility index (Phi) is 5.92. The highest BCUT2D eigenvalue weighted by atomic mass is 19.1. The summed E-state index contributed by atoms with van der Waals surface area (Å²) in [6.45, 7) is -0.979. The Morgan fingerprint density at radius 1 is 1.05 bits per heavy atom. The number of anilines is 1. The first-order valence-corrected chi connectivity index (χ1v) is 5.80. The maximum atomic E-state index is 12.3. The number of carboxylic acids is 1. The number of carbonyl (C=O) groups is 2. The second-order valence-electron chi connectivity index (χ2n) is 3.94. The van der Waals surface area contributed by atoms with E-state index in [0.29, 0.717) is 11.3 Å². The van der Waals surface area contributed by atoms with Crippen molar-refractivity contribution in [2.75, 3.05) is 31.3 Å². The van der Waals surface area contributed by atoms with Gasteiger partial charge in [0.05, 0.1) is 0 Å². The molecule has 0 aliphatic heterocycles. The molecule has 0 spiro atoms. The van der Waals surface area contributed by atoms with Crippen LogP contribution in [0.15, 0.2) is 24.3 Å². The molecule has 0 saturated carbocycles. The normalized spacial score (nSPS) is 10.2. The van der Waals surface area contributed by atoms with Gasteiger partial charge in [-0.2, -0.15) is 0 Å². The van der Waals surface area contributed by atoms with E-state index in [4.69, 9.17) is 5.11 Å². The summed E-state index contributed by atoms with van der Waals surface area (Å²) in [5.41, 5.74) is 1.19. The van der Waals surface area contributed by atoms with Gasteiger partial charge in [-0.3, -0.25) is 4.79 Å². The van der Waals surface area contributed by atoms with Crippen molar-refractivity contribution in [3.8, 4) is 0 Å². The van der Waals surface area contributed by atoms with Gasteiger partial charge < -0.3 is 10.0 Å². The molecule has 0 amide bonds. The van der Waals surface area contributed by atoms with Crippen LogP contribution in [0, 0.1) is 0 Å². The molecule has 6 heteroatoms. The molecule has 0 aromatic heterocycles. The summed E-state index contributed by atoms with van der Waals surface area (Å²) < 4.78 is 24.6. The van der Waals surface area contributed by atoms with Crippen LogP contribution in [0.1, 0.15) is 5.56 Å². The van der Waals surface area contributed by atoms with Gasteiger partial charge in [0.25, 0.3) is 0 Å². The molecule has 0 fully saturated rings. The Bertz CT molecular complexity index is 428. The third-order valence-corrected chi connectivity index (χ3v) is 2.61. The molecule has 1 aromatic carbocycles. The minimum atomic E-state index is -1.47. The van der Waals surface area contributed by atoms with Crippen molar-refractivity contribution < 1.29 is 23.5 Å². The lowest BCUT2D eigenvalue weighted by molar-refractivity contribution is -0.148. The topological polar surface area (TPSA) is 57.6 Å². The van der Waals surface area contributed by atoms with Crippen LogP contribution in [-0.2, 0) is 16.0 Å². The first-order valence-electron chi connectivity index (χ1n) is 5.80. The highest BCUT2D eigenvalue weighted by Gasteiger charge is 2.12. The molecule has 0 unspecified atom stereocenters. The van der Waals surface area contributed by atoms with Crippen LogP contribution in [0.25, 0.3) is 0 Å². The average molecular weight is 271 g/mol. The van der Waals surface area contributed by atoms with E-state index in [-0.39, 0.29) is 19.5 Å². The molecule has 0 atom stereocenters. The van der Waals surface area contributed by atoms with Crippen molar-refractivity contribution in [1.82, 2.24) is 0 Å². The predicted molar refractivity (Wildman–Crippen MR) is 67.0 cm³/mol. The molecule has 1 N–H and O–H groups in total. The molecule has 19 heavy (non-hydrogen) atoms. The van der Waals surface area contributed by atoms with Crippen LogP contribution < -0.4 is 4.90 Å². The number of carbonyl (C=O) groups excluding carboxylic acids is 1. The smallest absolute Gasteiger partial charge is 0.372 e. The van der Waals surface area contributed by atoms with Crippen molar-refractivity contribution in [2.45, 2.75) is 6.42 Å². The second kappa shape index (κ2) is 7.45. The summed E-state index contributed by atoms with van der Waals surface area (Å²) >= 11 is 0. The molecular weight excluding hydrogens is 256 g/mol. The van der Waals surface area contributed by atoms with E-state index >= 15 is 0 Å². The molecule has 0 bridgehead atoms. The fraction of sp³-hybridized carbons (Fsp3) is 0.385. The Balaban J connectivity index is 2.73. The standard InChI is InChI=1S/C13H15F2NO3/c14-5-7-16(8-6-15)11-3-1-10(2-4-11)9-12(17)13(18)19/h1-4H,5-9H2,(H,18,19). The van der Waals surface area contributed by atoms with E-state index in [2.05, 4.69) is 0 Å². The lowest BCUT2D eigenvalue weighted by Gasteiger charge is -2.22. The molecule has 0 radical (unpaired) electrons. The summed E-state index contributed by atoms with van der Waals surface area (Å²) in [7, 11) is 0. The number of alkyl halides is 2. The molecule has 0 heterocycles. The van der Waals surface area contributed by atoms with E-state index in [1.165, 1.54) is 0 Å². The van der Waals surface area contributed by atoms with Gasteiger partial charge in [0.15, 0.2) is 0 Å². The minimum absolute atomic E-state index is 0.0946. The van der Waals surface area contributed by atoms with Gasteiger partial charge in [-0.15, -0.1) is 0 Å². The summed E-state index contributed by atoms with van der Waals surface area (Å²) in [6.07, 6.45) is -0.193. The summed E-state index contributed by atoms with van der Waals surface area (Å²) in [6, 6.07) is 6.41. The van der Waals surface area contributed by atoms with Crippen LogP contribution in [0.5, 0.6) is 0 Å². The van der Waals surface area contributed by atoms with Gasteiger partial charge in [-0.25, -0.2) is 13.6 Å². The van der Waals surface area contributed by atoms with Crippen molar-refractivity contribution in [2.24, 2.45) is 0 Å². The van der Waals surface area contributed by atoms with Crippen LogP contribution in [0.3, 0.4) is 0 Å². The fourth-order valence-corrected chi connectivity index (χ4v) is 1.66. The number of nitrogens with zero attached hydrogens (tertiary/aromatic N) is 1. The third kappa shape index (κ3) is 4.65. The molecular formula is C13H15F2NO3. The molecule has 1 aromatic rings. The Morgan fingerprint density at radius 3 is 2.00 bits per heavy atom. The van der Waals surface area contributed by atoms with Crippen molar-refractivity contribution in [3.63, 3.8) is 0 Å². The largest absolute Gasteiger partial charge is 0.475 e. The number of aliphatic carboxylic acids is 1. The molecule has 104 valence electrons. The van der Waals surface area contributed by atoms with Crippen molar-refractivity contribution in [1.29, 1.82) is 0 Å². The van der Waals surface area contributed by atoms with Gasteiger partial charge >= 0.3 is 5.97 Å². The molecule has 0 aliphatic rings. The first-order chi connectivity index (χ1) is 9.08. The number of hydrogen-bond acceptors (Lipinski definition) is 3. The summed E-state index contributed by atoms with van der Waals surface area (Å²) in [4.78, 5) is 23.0. The predicted octanol–water partition coefficient (Wildman–Crippen LogP) is 1.63. The van der Waals surface area contributed by atoms with Crippen LogP contribution in [0.2, 0.25) is 0 Å². The van der Waals surface area contributed by atoms with Crippen LogP contribution in [0.4, 0.5) is 14.5 Å². The SMILES string of the molecule is O=C(O)C(=O)Cc1ccc(N(CCF)CCF)cc1. The average Bonchev–Trinajstić information content (AvgIpc) is 2.39. The lowest BCUT2D eigenvalue weighted by atomic mass is 10.1. The minimum Gasteiger partial charge on any atom is -0.475 e. The number of ketones is 1. The zero-order valence-electron chi connectivity index (χ0n) is 10.3. The van der Waals surface area contributed by atoms with Gasteiger partial charge in [0.2, 0.25) is 5.78 Å². The van der Waals surface area contributed by atoms with E-state index in [1.54, 1.807) is 29.2 Å². The number of hydrogen-bond donors (Lipinski definition) is 1. The molecule has 1 rings (SSSR count). The number of benzene rings is 1. The van der Waals surface area contributed by atoms with E-state index in [0.717, 1.165) is 0 Å². The van der Waals surface area contributed by atoms with Crippen LogP contribution in [-0.4, -0.2) is 43.3 Å².